The molecule has 22 heavy (non-hydrogen) atoms. The van der Waals surface area contributed by atoms with E-state index in [1.807, 2.05) is 0 Å². The zero-order valence-corrected chi connectivity index (χ0v) is 15.2. The van der Waals surface area contributed by atoms with Crippen molar-refractivity contribution in [2.75, 3.05) is 32.8 Å². The molecule has 4 atom stereocenters. The number of ether oxygens (including phenoxy) is 2. The van der Waals surface area contributed by atoms with Gasteiger partial charge in [0.2, 0.25) is 0 Å². The Morgan fingerprint density at radius 2 is 1.64 bits per heavy atom. The maximum absolute atomic E-state index is 11.8. The fourth-order valence-electron chi connectivity index (χ4n) is 2.14. The second-order valence-electron chi connectivity index (χ2n) is 5.34. The number of hydrogen-bond acceptors (Lipinski definition) is 8. The smallest absolute Gasteiger partial charge is 0.323 e. The molecule has 2 unspecified atom stereocenters. The zero-order valence-electron chi connectivity index (χ0n) is 13.6. The minimum Gasteiger partial charge on any atom is -0.468 e. The van der Waals surface area contributed by atoms with Crippen molar-refractivity contribution in [3.8, 4) is 0 Å². The molecule has 128 valence electrons. The molecule has 1 aliphatic carbocycles. The highest BCUT2D eigenvalue weighted by Crippen LogP contribution is 2.28. The summed E-state index contributed by atoms with van der Waals surface area (Å²) >= 11 is 0. The quantitative estimate of drug-likeness (QED) is 0.344. The summed E-state index contributed by atoms with van der Waals surface area (Å²) in [6.07, 6.45) is 2.31. The average Bonchev–Trinajstić information content (AvgIpc) is 2.54. The van der Waals surface area contributed by atoms with Crippen molar-refractivity contribution < 1.29 is 19.1 Å². The Balaban J connectivity index is 2.33. The van der Waals surface area contributed by atoms with E-state index >= 15 is 0 Å². The van der Waals surface area contributed by atoms with Crippen LogP contribution < -0.4 is 10.6 Å². The van der Waals surface area contributed by atoms with Crippen molar-refractivity contribution in [3.63, 3.8) is 0 Å². The maximum atomic E-state index is 11.8. The molecule has 1 aliphatic rings. The van der Waals surface area contributed by atoms with Crippen LogP contribution in [0.4, 0.5) is 0 Å². The molecule has 0 spiro atoms. The van der Waals surface area contributed by atoms with Gasteiger partial charge in [-0.3, -0.25) is 9.59 Å². The minimum atomic E-state index is -0.335. The normalized spacial score (nSPS) is 23.3. The standard InChI is InChI=1S/C14H26N2O4S2/c1-9-5-6-10(9)16-12(14(18)20-4)8-22-21-7-11(15-2)13(17)19-3/h9-12,15-16H,5-8H2,1-4H3/t9?,10?,11-,12+/m0/s1. The van der Waals surface area contributed by atoms with Crippen molar-refractivity contribution in [1.29, 1.82) is 0 Å². The van der Waals surface area contributed by atoms with Crippen molar-refractivity contribution in [1.82, 2.24) is 10.6 Å². The molecule has 0 saturated heterocycles. The van der Waals surface area contributed by atoms with Crippen LogP contribution in [0, 0.1) is 5.92 Å². The highest BCUT2D eigenvalue weighted by Gasteiger charge is 2.31. The molecule has 0 aliphatic heterocycles. The first-order valence-corrected chi connectivity index (χ1v) is 9.85. The molecule has 0 aromatic rings. The van der Waals surface area contributed by atoms with Crippen LogP contribution in [0.15, 0.2) is 0 Å². The molecular formula is C14H26N2O4S2. The summed E-state index contributed by atoms with van der Waals surface area (Å²) in [4.78, 5) is 23.3. The SMILES string of the molecule is CN[C@@H](CSSC[C@@H](NC1CCC1C)C(=O)OC)C(=O)OC. The number of carbonyl (C=O) groups excluding carboxylic acids is 2. The maximum Gasteiger partial charge on any atom is 0.323 e. The number of esters is 2. The first-order valence-electron chi connectivity index (χ1n) is 7.36. The van der Waals surface area contributed by atoms with Gasteiger partial charge in [0.05, 0.1) is 14.2 Å². The highest BCUT2D eigenvalue weighted by atomic mass is 33.1. The third-order valence-corrected chi connectivity index (χ3v) is 6.33. The van der Waals surface area contributed by atoms with Gasteiger partial charge in [-0.25, -0.2) is 0 Å². The molecular weight excluding hydrogens is 324 g/mol. The molecule has 0 radical (unpaired) electrons. The lowest BCUT2D eigenvalue weighted by Gasteiger charge is -2.36. The second kappa shape index (κ2) is 10.4. The van der Waals surface area contributed by atoms with Crippen molar-refractivity contribution in [3.05, 3.63) is 0 Å². The van der Waals surface area contributed by atoms with Crippen LogP contribution in [-0.2, 0) is 19.1 Å². The predicted octanol–water partition coefficient (Wildman–Crippen LogP) is 1.06. The van der Waals surface area contributed by atoms with Crippen LogP contribution in [0.1, 0.15) is 19.8 Å². The summed E-state index contributed by atoms with van der Waals surface area (Å²) in [5.74, 6) is 1.30. The number of carbonyl (C=O) groups is 2. The van der Waals surface area contributed by atoms with Crippen LogP contribution >= 0.6 is 21.6 Å². The first kappa shape index (κ1) is 19.6. The number of rotatable bonds is 10. The largest absolute Gasteiger partial charge is 0.468 e. The molecule has 0 aromatic carbocycles. The van der Waals surface area contributed by atoms with E-state index in [0.717, 1.165) is 6.42 Å². The number of hydrogen-bond donors (Lipinski definition) is 2. The van der Waals surface area contributed by atoms with E-state index in [1.54, 1.807) is 28.6 Å². The fraction of sp³-hybridized carbons (Fsp3) is 0.857. The van der Waals surface area contributed by atoms with Gasteiger partial charge in [-0.15, -0.1) is 0 Å². The summed E-state index contributed by atoms with van der Waals surface area (Å²) in [6, 6.07) is -0.241. The lowest BCUT2D eigenvalue weighted by molar-refractivity contribution is -0.143. The van der Waals surface area contributed by atoms with Crippen molar-refractivity contribution >= 4 is 33.5 Å². The topological polar surface area (TPSA) is 76.7 Å². The van der Waals surface area contributed by atoms with Gasteiger partial charge in [0, 0.05) is 17.5 Å². The Labute approximate surface area is 140 Å². The van der Waals surface area contributed by atoms with Gasteiger partial charge < -0.3 is 20.1 Å². The highest BCUT2D eigenvalue weighted by molar-refractivity contribution is 8.76. The molecule has 0 heterocycles. The Morgan fingerprint density at radius 3 is 2.05 bits per heavy atom. The minimum absolute atomic E-state index is 0.231. The average molecular weight is 351 g/mol. The molecule has 1 fully saturated rings. The van der Waals surface area contributed by atoms with Gasteiger partial charge in [0.15, 0.2) is 0 Å². The van der Waals surface area contributed by atoms with Crippen LogP contribution in [0.2, 0.25) is 0 Å². The Kier molecular flexibility index (Phi) is 9.23. The van der Waals surface area contributed by atoms with Gasteiger partial charge in [-0.2, -0.15) is 0 Å². The van der Waals surface area contributed by atoms with E-state index in [0.29, 0.717) is 23.5 Å². The lowest BCUT2D eigenvalue weighted by Crippen LogP contribution is -2.51. The van der Waals surface area contributed by atoms with Gasteiger partial charge in [0.25, 0.3) is 0 Å². The van der Waals surface area contributed by atoms with Crippen LogP contribution in [0.25, 0.3) is 0 Å². The van der Waals surface area contributed by atoms with E-state index in [4.69, 9.17) is 9.47 Å². The molecule has 0 amide bonds. The van der Waals surface area contributed by atoms with Gasteiger partial charge in [-0.05, 0) is 25.8 Å². The molecule has 2 N–H and O–H groups in total. The Hall–Kier alpha value is -0.440. The van der Waals surface area contributed by atoms with E-state index in [9.17, 15) is 9.59 Å². The summed E-state index contributed by atoms with van der Waals surface area (Å²) in [5.41, 5.74) is 0. The van der Waals surface area contributed by atoms with Crippen LogP contribution in [0.3, 0.4) is 0 Å². The molecule has 0 aromatic heterocycles. The summed E-state index contributed by atoms with van der Waals surface area (Å²) < 4.78 is 9.57. The third kappa shape index (κ3) is 5.98. The number of nitrogens with one attached hydrogen (secondary N) is 2. The third-order valence-electron chi connectivity index (χ3n) is 3.91. The summed E-state index contributed by atoms with van der Waals surface area (Å²) in [7, 11) is 7.62. The van der Waals surface area contributed by atoms with Crippen LogP contribution in [0.5, 0.6) is 0 Å². The zero-order chi connectivity index (χ0) is 16.5. The van der Waals surface area contributed by atoms with Gasteiger partial charge >= 0.3 is 11.9 Å². The van der Waals surface area contributed by atoms with E-state index in [1.165, 1.54) is 20.6 Å². The summed E-state index contributed by atoms with van der Waals surface area (Å²) in [5, 5.41) is 6.29. The Bertz CT molecular complexity index is 371. The van der Waals surface area contributed by atoms with Gasteiger partial charge in [-0.1, -0.05) is 28.5 Å². The molecule has 0 bridgehead atoms. The van der Waals surface area contributed by atoms with E-state index in [-0.39, 0.29) is 24.0 Å². The van der Waals surface area contributed by atoms with E-state index < -0.39 is 0 Å². The second-order valence-corrected chi connectivity index (χ2v) is 7.89. The number of methoxy groups -OCH3 is 2. The van der Waals surface area contributed by atoms with E-state index in [2.05, 4.69) is 17.6 Å². The molecule has 1 rings (SSSR count). The first-order chi connectivity index (χ1) is 10.5. The van der Waals surface area contributed by atoms with Gasteiger partial charge in [0.1, 0.15) is 12.1 Å². The van der Waals surface area contributed by atoms with Crippen molar-refractivity contribution in [2.45, 2.75) is 37.9 Å². The Morgan fingerprint density at radius 1 is 1.09 bits per heavy atom. The monoisotopic (exact) mass is 350 g/mol. The fourth-order valence-corrected chi connectivity index (χ4v) is 4.54. The lowest BCUT2D eigenvalue weighted by atomic mass is 9.81. The van der Waals surface area contributed by atoms with Crippen LogP contribution in [-0.4, -0.2) is 62.8 Å². The molecule has 8 heteroatoms. The molecule has 6 nitrogen and oxygen atoms in total. The number of likely N-dealkylation sites (N-methyl/N-ethyl adjacent to an activating group) is 1. The predicted molar refractivity (Wildman–Crippen MR) is 90.9 cm³/mol. The summed E-state index contributed by atoms with van der Waals surface area (Å²) in [6.45, 7) is 2.19. The van der Waals surface area contributed by atoms with Crippen molar-refractivity contribution in [2.24, 2.45) is 5.92 Å². The molecule has 1 saturated carbocycles.